The summed E-state index contributed by atoms with van der Waals surface area (Å²) in [6, 6.07) is 6.16. The second kappa shape index (κ2) is 6.64. The Morgan fingerprint density at radius 2 is 2.20 bits per heavy atom. The van der Waals surface area contributed by atoms with E-state index in [4.69, 9.17) is 10.9 Å². The molecule has 2 rings (SSSR count). The number of aryl methyl sites for hydroxylation is 1. The van der Waals surface area contributed by atoms with Gasteiger partial charge in [-0.2, -0.15) is 0 Å². The Morgan fingerprint density at radius 1 is 1.40 bits per heavy atom. The van der Waals surface area contributed by atoms with Gasteiger partial charge in [-0.15, -0.1) is 0 Å². The minimum Gasteiger partial charge on any atom is -0.409 e. The fourth-order valence-corrected chi connectivity index (χ4v) is 3.02. The quantitative estimate of drug-likeness (QED) is 0.385. The van der Waals surface area contributed by atoms with Crippen LogP contribution in [0.5, 0.6) is 0 Å². The van der Waals surface area contributed by atoms with E-state index >= 15 is 0 Å². The van der Waals surface area contributed by atoms with Gasteiger partial charge in [0.15, 0.2) is 5.84 Å². The fraction of sp³-hybridized carbons (Fsp3) is 0.562. The zero-order chi connectivity index (χ0) is 14.5. The van der Waals surface area contributed by atoms with E-state index in [9.17, 15) is 0 Å². The van der Waals surface area contributed by atoms with E-state index in [0.29, 0.717) is 0 Å². The van der Waals surface area contributed by atoms with Crippen LogP contribution in [0.1, 0.15) is 43.7 Å². The first-order valence-corrected chi connectivity index (χ1v) is 7.49. The Balaban J connectivity index is 2.15. The molecule has 1 saturated heterocycles. The van der Waals surface area contributed by atoms with Gasteiger partial charge in [0.05, 0.1) is 0 Å². The third kappa shape index (κ3) is 3.24. The molecule has 1 unspecified atom stereocenters. The summed E-state index contributed by atoms with van der Waals surface area (Å²) < 4.78 is 0. The molecule has 4 nitrogen and oxygen atoms in total. The van der Waals surface area contributed by atoms with Gasteiger partial charge in [0.25, 0.3) is 0 Å². The molecule has 1 aromatic carbocycles. The molecule has 1 heterocycles. The number of amidine groups is 1. The van der Waals surface area contributed by atoms with Gasteiger partial charge >= 0.3 is 0 Å². The summed E-state index contributed by atoms with van der Waals surface area (Å²) in [5, 5.41) is 11.9. The standard InChI is InChI=1S/C16H25N3O/c1-3-13-5-4-9-19(10-8-13)14-6-7-15(12(2)11-14)16(17)18-20/h6-7,11,13,20H,3-5,8-10H2,1-2H3,(H2,17,18). The monoisotopic (exact) mass is 275 g/mol. The van der Waals surface area contributed by atoms with Gasteiger partial charge in [-0.3, -0.25) is 0 Å². The summed E-state index contributed by atoms with van der Waals surface area (Å²) in [6.07, 6.45) is 5.17. The highest BCUT2D eigenvalue weighted by atomic mass is 16.4. The summed E-state index contributed by atoms with van der Waals surface area (Å²) in [5.41, 5.74) is 8.77. The maximum atomic E-state index is 8.78. The molecular formula is C16H25N3O. The maximum Gasteiger partial charge on any atom is 0.170 e. The molecule has 1 atom stereocenters. The normalized spacial score (nSPS) is 20.8. The van der Waals surface area contributed by atoms with Crippen LogP contribution in [0.4, 0.5) is 5.69 Å². The van der Waals surface area contributed by atoms with E-state index in [1.807, 2.05) is 13.0 Å². The number of benzene rings is 1. The predicted molar refractivity (Wildman–Crippen MR) is 83.5 cm³/mol. The van der Waals surface area contributed by atoms with Crippen LogP contribution in [0.3, 0.4) is 0 Å². The van der Waals surface area contributed by atoms with Gasteiger partial charge in [0, 0.05) is 24.3 Å². The molecule has 4 heteroatoms. The average molecular weight is 275 g/mol. The molecule has 1 aliphatic rings. The van der Waals surface area contributed by atoms with Gasteiger partial charge in [-0.1, -0.05) is 18.5 Å². The molecule has 0 aliphatic carbocycles. The van der Waals surface area contributed by atoms with Gasteiger partial charge < -0.3 is 15.8 Å². The molecule has 0 spiro atoms. The van der Waals surface area contributed by atoms with Crippen molar-refractivity contribution >= 4 is 11.5 Å². The maximum absolute atomic E-state index is 8.78. The van der Waals surface area contributed by atoms with Crippen molar-refractivity contribution in [1.82, 2.24) is 0 Å². The zero-order valence-electron chi connectivity index (χ0n) is 12.5. The number of nitrogens with two attached hydrogens (primary N) is 1. The summed E-state index contributed by atoms with van der Waals surface area (Å²) in [5.74, 6) is 1.05. The Labute approximate surface area is 121 Å². The van der Waals surface area contributed by atoms with E-state index in [0.717, 1.165) is 30.1 Å². The van der Waals surface area contributed by atoms with E-state index in [1.165, 1.54) is 31.4 Å². The topological polar surface area (TPSA) is 61.8 Å². The Hall–Kier alpha value is -1.71. The first kappa shape index (κ1) is 14.7. The Bertz CT molecular complexity index is 485. The molecule has 0 bridgehead atoms. The van der Waals surface area contributed by atoms with Gasteiger partial charge in [-0.05, 0) is 55.9 Å². The van der Waals surface area contributed by atoms with Crippen molar-refractivity contribution in [1.29, 1.82) is 0 Å². The number of nitrogens with zero attached hydrogens (tertiary/aromatic N) is 2. The lowest BCUT2D eigenvalue weighted by Crippen LogP contribution is -2.24. The van der Waals surface area contributed by atoms with E-state index in [2.05, 4.69) is 29.1 Å². The number of hydrogen-bond donors (Lipinski definition) is 2. The van der Waals surface area contributed by atoms with Gasteiger partial charge in [0.1, 0.15) is 0 Å². The fourth-order valence-electron chi connectivity index (χ4n) is 3.02. The summed E-state index contributed by atoms with van der Waals surface area (Å²) in [6.45, 7) is 6.54. The van der Waals surface area contributed by atoms with Crippen LogP contribution in [0, 0.1) is 12.8 Å². The lowest BCUT2D eigenvalue weighted by molar-refractivity contribution is 0.318. The first-order valence-electron chi connectivity index (χ1n) is 7.49. The van der Waals surface area contributed by atoms with Crippen LogP contribution < -0.4 is 10.6 Å². The lowest BCUT2D eigenvalue weighted by atomic mass is 9.98. The molecule has 20 heavy (non-hydrogen) atoms. The highest BCUT2D eigenvalue weighted by Gasteiger charge is 2.16. The second-order valence-corrected chi connectivity index (χ2v) is 5.68. The van der Waals surface area contributed by atoms with Crippen molar-refractivity contribution in [2.45, 2.75) is 39.5 Å². The minimum atomic E-state index is 0.177. The van der Waals surface area contributed by atoms with Crippen LogP contribution >= 0.6 is 0 Å². The van der Waals surface area contributed by atoms with E-state index in [1.54, 1.807) is 0 Å². The van der Waals surface area contributed by atoms with Crippen molar-refractivity contribution in [2.24, 2.45) is 16.8 Å². The van der Waals surface area contributed by atoms with Crippen molar-refractivity contribution in [2.75, 3.05) is 18.0 Å². The molecule has 1 aliphatic heterocycles. The second-order valence-electron chi connectivity index (χ2n) is 5.68. The van der Waals surface area contributed by atoms with Crippen molar-refractivity contribution in [3.63, 3.8) is 0 Å². The SMILES string of the molecule is CCC1CCCN(c2ccc(/C(N)=N/O)c(C)c2)CC1. The molecule has 1 aromatic rings. The molecule has 0 aromatic heterocycles. The Kier molecular flexibility index (Phi) is 4.88. The summed E-state index contributed by atoms with van der Waals surface area (Å²) in [7, 11) is 0. The third-order valence-electron chi connectivity index (χ3n) is 4.38. The molecular weight excluding hydrogens is 250 g/mol. The number of anilines is 1. The van der Waals surface area contributed by atoms with E-state index < -0.39 is 0 Å². The predicted octanol–water partition coefficient (Wildman–Crippen LogP) is 3.11. The molecule has 1 fully saturated rings. The molecule has 0 amide bonds. The highest BCUT2D eigenvalue weighted by molar-refractivity contribution is 5.98. The number of rotatable bonds is 3. The van der Waals surface area contributed by atoms with Gasteiger partial charge in [0.2, 0.25) is 0 Å². The zero-order valence-corrected chi connectivity index (χ0v) is 12.5. The molecule has 0 radical (unpaired) electrons. The van der Waals surface area contributed by atoms with Crippen molar-refractivity contribution in [3.8, 4) is 0 Å². The van der Waals surface area contributed by atoms with Crippen LogP contribution in [-0.4, -0.2) is 24.1 Å². The number of hydrogen-bond acceptors (Lipinski definition) is 3. The Morgan fingerprint density at radius 3 is 2.85 bits per heavy atom. The minimum absolute atomic E-state index is 0.177. The van der Waals surface area contributed by atoms with Crippen LogP contribution in [0.25, 0.3) is 0 Å². The summed E-state index contributed by atoms with van der Waals surface area (Å²) >= 11 is 0. The molecule has 0 saturated carbocycles. The van der Waals surface area contributed by atoms with Crippen LogP contribution in [-0.2, 0) is 0 Å². The van der Waals surface area contributed by atoms with Crippen molar-refractivity contribution < 1.29 is 5.21 Å². The largest absolute Gasteiger partial charge is 0.409 e. The first-order chi connectivity index (χ1) is 9.65. The number of oxime groups is 1. The molecule has 3 N–H and O–H groups in total. The smallest absolute Gasteiger partial charge is 0.170 e. The van der Waals surface area contributed by atoms with Crippen LogP contribution in [0.15, 0.2) is 23.4 Å². The molecule has 110 valence electrons. The lowest BCUT2D eigenvalue weighted by Gasteiger charge is -2.24. The highest BCUT2D eigenvalue weighted by Crippen LogP contribution is 2.26. The average Bonchev–Trinajstić information content (AvgIpc) is 2.71. The van der Waals surface area contributed by atoms with Crippen LogP contribution in [0.2, 0.25) is 0 Å². The van der Waals surface area contributed by atoms with Gasteiger partial charge in [-0.25, -0.2) is 0 Å². The van der Waals surface area contributed by atoms with E-state index in [-0.39, 0.29) is 5.84 Å². The third-order valence-corrected chi connectivity index (χ3v) is 4.38. The summed E-state index contributed by atoms with van der Waals surface area (Å²) in [4.78, 5) is 2.46. The van der Waals surface area contributed by atoms with Crippen molar-refractivity contribution in [3.05, 3.63) is 29.3 Å².